The van der Waals surface area contributed by atoms with Crippen molar-refractivity contribution in [3.8, 4) is 0 Å². The van der Waals surface area contributed by atoms with E-state index in [-0.39, 0.29) is 56.9 Å². The first-order chi connectivity index (χ1) is 30.3. The van der Waals surface area contributed by atoms with Gasteiger partial charge in [-0.25, -0.2) is 18.0 Å². The van der Waals surface area contributed by atoms with Crippen molar-refractivity contribution in [2.75, 3.05) is 0 Å². The van der Waals surface area contributed by atoms with E-state index in [1.807, 2.05) is 0 Å². The molecule has 9 heteroatoms. The molecule has 358 valence electrons. The fourth-order valence-corrected chi connectivity index (χ4v) is 8.97. The predicted octanol–water partition coefficient (Wildman–Crippen LogP) is 14.6. The second-order valence-electron chi connectivity index (χ2n) is 18.0. The fraction of sp³-hybridized carbons (Fsp3) is 0.778. The molecular formula is C54H93KO7S. The van der Waals surface area contributed by atoms with Gasteiger partial charge in [-0.1, -0.05) is 251 Å². The van der Waals surface area contributed by atoms with E-state index in [1.165, 1.54) is 243 Å². The second-order valence-corrected chi connectivity index (χ2v) is 19.3. The summed E-state index contributed by atoms with van der Waals surface area (Å²) in [6.45, 7) is 4.55. The van der Waals surface area contributed by atoms with Crippen LogP contribution >= 0.6 is 0 Å². The van der Waals surface area contributed by atoms with Crippen LogP contribution in [0.2, 0.25) is 0 Å². The van der Waals surface area contributed by atoms with Gasteiger partial charge in [0.15, 0.2) is 0 Å². The molecule has 0 aromatic heterocycles. The molecule has 0 radical (unpaired) electrons. The molecule has 1 aromatic rings. The monoisotopic (exact) mass is 925 g/mol. The molecule has 1 aromatic carbocycles. The number of unbranched alkanes of at least 4 members (excludes halogenated alkanes) is 38. The van der Waals surface area contributed by atoms with Gasteiger partial charge in [-0.2, -0.15) is 0 Å². The third-order valence-corrected chi connectivity index (χ3v) is 13.1. The maximum atomic E-state index is 13.0. The van der Waals surface area contributed by atoms with Gasteiger partial charge in [-0.15, -0.1) is 0 Å². The van der Waals surface area contributed by atoms with Gasteiger partial charge in [0.1, 0.15) is 10.1 Å². The van der Waals surface area contributed by atoms with Crippen LogP contribution in [0.5, 0.6) is 0 Å². The number of hydrogen-bond acceptors (Lipinski definition) is 7. The molecule has 0 spiro atoms. The summed E-state index contributed by atoms with van der Waals surface area (Å²) >= 11 is 0. The molecule has 7 nitrogen and oxygen atoms in total. The summed E-state index contributed by atoms with van der Waals surface area (Å²) in [5.74, 6) is -2.01. The summed E-state index contributed by atoms with van der Waals surface area (Å²) in [5.41, 5.74) is -0.930. The minimum Gasteiger partial charge on any atom is -0.744 e. The van der Waals surface area contributed by atoms with Gasteiger partial charge in [0, 0.05) is 0 Å². The van der Waals surface area contributed by atoms with Crippen molar-refractivity contribution < 1.29 is 83.4 Å². The zero-order chi connectivity index (χ0) is 45.0. The number of carbonyl (C=O) groups is 2. The zero-order valence-electron chi connectivity index (χ0n) is 41.1. The van der Waals surface area contributed by atoms with Gasteiger partial charge in [-0.3, -0.25) is 0 Å². The van der Waals surface area contributed by atoms with Crippen LogP contribution < -0.4 is 51.4 Å². The Morgan fingerprint density at radius 2 is 0.714 bits per heavy atom. The number of rotatable bonds is 45. The molecule has 0 heterocycles. The van der Waals surface area contributed by atoms with Crippen molar-refractivity contribution in [2.45, 2.75) is 276 Å². The molecule has 0 unspecified atom stereocenters. The smallest absolute Gasteiger partial charge is 0.744 e. The fourth-order valence-electron chi connectivity index (χ4n) is 8.28. The molecule has 0 bridgehead atoms. The van der Waals surface area contributed by atoms with E-state index in [0.29, 0.717) is 6.42 Å². The molecule has 1 rings (SSSR count). The zero-order valence-corrected chi connectivity index (χ0v) is 45.0. The van der Waals surface area contributed by atoms with Crippen LogP contribution in [0.4, 0.5) is 0 Å². The van der Waals surface area contributed by atoms with E-state index < -0.39 is 32.5 Å². The van der Waals surface area contributed by atoms with Crippen LogP contribution in [0.1, 0.15) is 291 Å². The molecule has 0 saturated carbocycles. The number of hydrogen-bond donors (Lipinski definition) is 0. The maximum absolute atomic E-state index is 13.0. The summed E-state index contributed by atoms with van der Waals surface area (Å²) in [4.78, 5) is 25.1. The van der Waals surface area contributed by atoms with Gasteiger partial charge in [-0.05, 0) is 50.0 Å². The van der Waals surface area contributed by atoms with Crippen LogP contribution in [-0.4, -0.2) is 24.9 Å². The normalized spacial score (nSPS) is 11.7. The summed E-state index contributed by atoms with van der Waals surface area (Å²) < 4.78 is 46.5. The Labute approximate surface area is 431 Å². The molecule has 0 aliphatic rings. The standard InChI is InChI=1S/C54H94O7S.K/c1-3-5-7-9-11-13-15-17-19-21-23-25-27-29-31-33-35-37-39-41-43-48-60-53(55)50-46-45-47-51(62(57,58)59)52(50)54(56)61-49-44-42-40-38-36-34-32-30-28-26-24-22-20-18-16-14-12-10-8-6-4-2;/h43-49H,3-42H2,1-2H3,(H,57,58,59);/q;+1/p-1/b48-43+,49-44+;. The number of benzene rings is 1. The van der Waals surface area contributed by atoms with Crippen molar-refractivity contribution in [1.29, 1.82) is 0 Å². The van der Waals surface area contributed by atoms with Crippen LogP contribution in [0, 0.1) is 0 Å². The molecule has 0 N–H and O–H groups in total. The Hall–Kier alpha value is -0.814. The minimum absolute atomic E-state index is 0. The third-order valence-electron chi connectivity index (χ3n) is 12.2. The number of ether oxygens (including phenoxy) is 2. The average Bonchev–Trinajstić information content (AvgIpc) is 3.26. The van der Waals surface area contributed by atoms with Gasteiger partial charge in [0.2, 0.25) is 0 Å². The number of allylic oxidation sites excluding steroid dienone is 2. The van der Waals surface area contributed by atoms with E-state index >= 15 is 0 Å². The molecule has 0 aliphatic carbocycles. The Morgan fingerprint density at radius 3 is 1.00 bits per heavy atom. The molecule has 0 fully saturated rings. The van der Waals surface area contributed by atoms with Gasteiger partial charge in [0.05, 0.1) is 28.5 Å². The molecule has 0 atom stereocenters. The SMILES string of the molecule is CCCCCCCCCCCCCCCCCCCCC/C=C/OC(=O)c1cccc(S(=O)(=O)[O-])c1C(=O)O/C=C/CCCCCCCCCCCCCCCCCCCCC.[K+]. The summed E-state index contributed by atoms with van der Waals surface area (Å²) in [6, 6.07) is 3.52. The number of esters is 2. The van der Waals surface area contributed by atoms with E-state index in [1.54, 1.807) is 12.2 Å². The Kier molecular flexibility index (Phi) is 45.7. The molecule has 0 saturated heterocycles. The van der Waals surface area contributed by atoms with Crippen LogP contribution in [0.3, 0.4) is 0 Å². The van der Waals surface area contributed by atoms with Gasteiger partial charge >= 0.3 is 63.3 Å². The van der Waals surface area contributed by atoms with Crippen molar-refractivity contribution >= 4 is 22.1 Å². The van der Waals surface area contributed by atoms with Crippen LogP contribution in [0.15, 0.2) is 47.8 Å². The van der Waals surface area contributed by atoms with Gasteiger partial charge in [0.25, 0.3) is 0 Å². The van der Waals surface area contributed by atoms with Crippen molar-refractivity contribution in [3.05, 3.63) is 54.0 Å². The molecule has 63 heavy (non-hydrogen) atoms. The maximum Gasteiger partial charge on any atom is 1.00 e. The molecule has 0 amide bonds. The van der Waals surface area contributed by atoms with Gasteiger partial charge < -0.3 is 14.0 Å². The van der Waals surface area contributed by atoms with Crippen molar-refractivity contribution in [1.82, 2.24) is 0 Å². The number of carbonyl (C=O) groups excluding carboxylic acids is 2. The largest absolute Gasteiger partial charge is 1.00 e. The minimum atomic E-state index is -5.06. The Morgan fingerprint density at radius 1 is 0.444 bits per heavy atom. The van der Waals surface area contributed by atoms with Crippen LogP contribution in [-0.2, 0) is 19.6 Å². The topological polar surface area (TPSA) is 110 Å². The Balaban J connectivity index is 0.0000384. The van der Waals surface area contributed by atoms with Crippen molar-refractivity contribution in [2.24, 2.45) is 0 Å². The Bertz CT molecular complexity index is 1380. The van der Waals surface area contributed by atoms with E-state index in [2.05, 4.69) is 13.8 Å². The predicted molar refractivity (Wildman–Crippen MR) is 260 cm³/mol. The van der Waals surface area contributed by atoms with E-state index in [9.17, 15) is 22.6 Å². The summed E-state index contributed by atoms with van der Waals surface area (Å²) in [7, 11) is -5.06. The summed E-state index contributed by atoms with van der Waals surface area (Å²) in [6.07, 6.45) is 57.5. The third kappa shape index (κ3) is 37.9. The first-order valence-electron chi connectivity index (χ1n) is 26.1. The first-order valence-corrected chi connectivity index (χ1v) is 27.5. The first kappa shape index (κ1) is 62.2. The van der Waals surface area contributed by atoms with Crippen LogP contribution in [0.25, 0.3) is 0 Å². The van der Waals surface area contributed by atoms with E-state index in [0.717, 1.165) is 38.2 Å². The molecular weight excluding hydrogens is 832 g/mol. The van der Waals surface area contributed by atoms with E-state index in [4.69, 9.17) is 9.47 Å². The second kappa shape index (κ2) is 46.3. The average molecular weight is 925 g/mol. The quantitative estimate of drug-likeness (QED) is 0.0211. The summed E-state index contributed by atoms with van der Waals surface area (Å²) in [5, 5.41) is 0. The van der Waals surface area contributed by atoms with Crippen molar-refractivity contribution in [3.63, 3.8) is 0 Å². The molecule has 0 aliphatic heterocycles.